The highest BCUT2D eigenvalue weighted by molar-refractivity contribution is 6.12. The molecule has 0 saturated carbocycles. The molecule has 6 nitrogen and oxygen atoms in total. The second kappa shape index (κ2) is 8.68. The van der Waals surface area contributed by atoms with Crippen LogP contribution in [0.5, 0.6) is 0 Å². The van der Waals surface area contributed by atoms with Gasteiger partial charge in [-0.1, -0.05) is 48.6 Å². The summed E-state index contributed by atoms with van der Waals surface area (Å²) in [4.78, 5) is 15.3. The van der Waals surface area contributed by atoms with Gasteiger partial charge in [0.05, 0.1) is 17.3 Å². The molecule has 2 aliphatic heterocycles. The Balaban J connectivity index is 1.36. The molecule has 2 aromatic carbocycles. The number of anilines is 1. The Morgan fingerprint density at radius 1 is 1.20 bits per heavy atom. The lowest BCUT2D eigenvalue weighted by Gasteiger charge is -2.25. The molecule has 1 fully saturated rings. The number of nitrogens with zero attached hydrogens (tertiary/aromatic N) is 2. The molecule has 0 radical (unpaired) electrons. The van der Waals surface area contributed by atoms with Gasteiger partial charge in [0, 0.05) is 30.3 Å². The summed E-state index contributed by atoms with van der Waals surface area (Å²) in [5, 5.41) is 20.7. The highest BCUT2D eigenvalue weighted by Crippen LogP contribution is 2.42. The quantitative estimate of drug-likeness (QED) is 0.572. The Kier molecular flexibility index (Phi) is 5.80. The van der Waals surface area contributed by atoms with E-state index < -0.39 is 11.6 Å². The second-order valence-corrected chi connectivity index (χ2v) is 10.8. The minimum atomic E-state index is -0.514. The van der Waals surface area contributed by atoms with Crippen LogP contribution in [-0.4, -0.2) is 33.9 Å². The van der Waals surface area contributed by atoms with Gasteiger partial charge in [0.15, 0.2) is 0 Å². The molecule has 1 aliphatic carbocycles. The molecular formula is C29H33N3O3. The maximum atomic E-state index is 13.0. The van der Waals surface area contributed by atoms with E-state index in [-0.39, 0.29) is 17.8 Å². The Bertz CT molecular complexity index is 1240. The van der Waals surface area contributed by atoms with E-state index in [1.54, 1.807) is 0 Å². The Morgan fingerprint density at radius 2 is 1.97 bits per heavy atom. The topological polar surface area (TPSA) is 76.9 Å². The van der Waals surface area contributed by atoms with E-state index in [1.807, 2.05) is 58.0 Å². The van der Waals surface area contributed by atoms with E-state index in [0.717, 1.165) is 28.7 Å². The molecule has 182 valence electrons. The molecule has 3 aliphatic rings. The standard InChI is InChI=1S/C29H33N3O3/c1-18-15-19(13-14-20(18)27-26(30)22-10-6-8-12-25(22)32(27)34)16-31-17-23(28(33)35-29(2,3)4)21-9-5-7-11-24(21)31/h5-8,10-15,21,23,27,30,34H,9,16-17H2,1-4H3. The molecule has 2 N–H and O–H groups in total. The molecule has 6 heteroatoms. The summed E-state index contributed by atoms with van der Waals surface area (Å²) in [6.45, 7) is 9.10. The fourth-order valence-electron chi connectivity index (χ4n) is 5.55. The van der Waals surface area contributed by atoms with Crippen molar-refractivity contribution in [3.63, 3.8) is 0 Å². The van der Waals surface area contributed by atoms with Gasteiger partial charge in [-0.25, -0.2) is 5.06 Å². The number of aryl methyl sites for hydroxylation is 1. The van der Waals surface area contributed by atoms with Gasteiger partial charge >= 0.3 is 5.97 Å². The third-order valence-corrected chi connectivity index (χ3v) is 7.11. The van der Waals surface area contributed by atoms with Crippen LogP contribution in [0.15, 0.2) is 66.4 Å². The fraction of sp³-hybridized carbons (Fsp3) is 0.379. The van der Waals surface area contributed by atoms with E-state index in [4.69, 9.17) is 10.1 Å². The smallest absolute Gasteiger partial charge is 0.311 e. The van der Waals surface area contributed by atoms with Gasteiger partial charge in [-0.3, -0.25) is 10.0 Å². The van der Waals surface area contributed by atoms with Crippen LogP contribution in [0.2, 0.25) is 0 Å². The van der Waals surface area contributed by atoms with Gasteiger partial charge < -0.3 is 15.0 Å². The molecule has 3 unspecified atom stereocenters. The lowest BCUT2D eigenvalue weighted by molar-refractivity contribution is -0.160. The number of nitrogens with one attached hydrogen (secondary N) is 1. The molecule has 0 amide bonds. The fourth-order valence-corrected chi connectivity index (χ4v) is 5.55. The largest absolute Gasteiger partial charge is 0.460 e. The van der Waals surface area contributed by atoms with Crippen molar-refractivity contribution in [1.29, 1.82) is 5.41 Å². The van der Waals surface area contributed by atoms with E-state index in [2.05, 4.69) is 35.3 Å². The normalized spacial score (nSPS) is 23.3. The monoisotopic (exact) mass is 471 g/mol. The number of fused-ring (bicyclic) bond motifs is 2. The maximum Gasteiger partial charge on any atom is 0.311 e. The molecule has 5 rings (SSSR count). The number of para-hydroxylation sites is 1. The number of rotatable bonds is 4. The van der Waals surface area contributed by atoms with Crippen LogP contribution in [-0.2, 0) is 16.1 Å². The zero-order chi connectivity index (χ0) is 24.9. The van der Waals surface area contributed by atoms with Crippen molar-refractivity contribution in [3.8, 4) is 0 Å². The van der Waals surface area contributed by atoms with Crippen molar-refractivity contribution >= 4 is 17.4 Å². The first-order chi connectivity index (χ1) is 16.6. The van der Waals surface area contributed by atoms with Crippen LogP contribution in [0.1, 0.15) is 55.5 Å². The maximum absolute atomic E-state index is 13.0. The van der Waals surface area contributed by atoms with Crippen molar-refractivity contribution in [3.05, 3.63) is 88.6 Å². The number of carbonyl (C=O) groups is 1. The van der Waals surface area contributed by atoms with Crippen molar-refractivity contribution in [1.82, 2.24) is 4.90 Å². The third-order valence-electron chi connectivity index (χ3n) is 7.11. The van der Waals surface area contributed by atoms with Gasteiger partial charge in [0.1, 0.15) is 11.6 Å². The zero-order valence-corrected chi connectivity index (χ0v) is 20.8. The first-order valence-electron chi connectivity index (χ1n) is 12.2. The molecule has 1 saturated heterocycles. The summed E-state index contributed by atoms with van der Waals surface area (Å²) in [7, 11) is 0. The highest BCUT2D eigenvalue weighted by Gasteiger charge is 2.43. The number of likely N-dealkylation sites (tertiary alicyclic amines) is 1. The van der Waals surface area contributed by atoms with Gasteiger partial charge in [0.25, 0.3) is 0 Å². The van der Waals surface area contributed by atoms with Crippen LogP contribution < -0.4 is 5.06 Å². The van der Waals surface area contributed by atoms with Crippen molar-refractivity contribution in [2.24, 2.45) is 11.8 Å². The minimum Gasteiger partial charge on any atom is -0.460 e. The van der Waals surface area contributed by atoms with E-state index >= 15 is 0 Å². The molecular weight excluding hydrogens is 438 g/mol. The average molecular weight is 472 g/mol. The molecule has 0 spiro atoms. The van der Waals surface area contributed by atoms with Gasteiger partial charge in [-0.2, -0.15) is 0 Å². The Labute approximate surface area is 207 Å². The number of hydroxylamine groups is 1. The number of hydrogen-bond donors (Lipinski definition) is 2. The molecule has 2 aromatic rings. The first kappa shape index (κ1) is 23.4. The third kappa shape index (κ3) is 4.27. The number of carbonyl (C=O) groups excluding carboxylic acids is 1. The number of allylic oxidation sites excluding steroid dienone is 4. The summed E-state index contributed by atoms with van der Waals surface area (Å²) < 4.78 is 5.74. The predicted octanol–water partition coefficient (Wildman–Crippen LogP) is 5.55. The summed E-state index contributed by atoms with van der Waals surface area (Å²) >= 11 is 0. The van der Waals surface area contributed by atoms with Crippen LogP contribution >= 0.6 is 0 Å². The van der Waals surface area contributed by atoms with Crippen LogP contribution in [0, 0.1) is 24.2 Å². The molecule has 2 heterocycles. The number of benzene rings is 2. The molecule has 35 heavy (non-hydrogen) atoms. The van der Waals surface area contributed by atoms with E-state index in [9.17, 15) is 10.0 Å². The zero-order valence-electron chi connectivity index (χ0n) is 20.8. The molecule has 3 atom stereocenters. The van der Waals surface area contributed by atoms with Crippen LogP contribution in [0.25, 0.3) is 0 Å². The van der Waals surface area contributed by atoms with Crippen molar-refractivity contribution in [2.45, 2.75) is 52.3 Å². The molecule has 0 aromatic heterocycles. The summed E-state index contributed by atoms with van der Waals surface area (Å²) in [5.41, 5.74) is 5.61. The SMILES string of the molecule is Cc1cc(CN2CC(C(=O)OC(C)(C)C)C3CC=CC=C32)ccc1C1C(=N)c2ccccc2N1O. The first-order valence-corrected chi connectivity index (χ1v) is 12.2. The predicted molar refractivity (Wildman–Crippen MR) is 137 cm³/mol. The lowest BCUT2D eigenvalue weighted by atomic mass is 9.88. The van der Waals surface area contributed by atoms with Gasteiger partial charge in [-0.15, -0.1) is 0 Å². The highest BCUT2D eigenvalue weighted by atomic mass is 16.6. The Hall–Kier alpha value is -3.38. The summed E-state index contributed by atoms with van der Waals surface area (Å²) in [5.74, 6) is -0.151. The van der Waals surface area contributed by atoms with Crippen molar-refractivity contribution in [2.75, 3.05) is 11.6 Å². The molecule has 0 bridgehead atoms. The minimum absolute atomic E-state index is 0.125. The number of ether oxygens (including phenoxy) is 1. The van der Waals surface area contributed by atoms with Gasteiger partial charge in [-0.05, 0) is 62.9 Å². The number of hydrogen-bond acceptors (Lipinski definition) is 6. The van der Waals surface area contributed by atoms with E-state index in [0.29, 0.717) is 24.5 Å². The summed E-state index contributed by atoms with van der Waals surface area (Å²) in [6.07, 6.45) is 7.18. The lowest BCUT2D eigenvalue weighted by Crippen LogP contribution is -2.32. The number of esters is 1. The summed E-state index contributed by atoms with van der Waals surface area (Å²) in [6, 6.07) is 13.2. The Morgan fingerprint density at radius 3 is 2.69 bits per heavy atom. The van der Waals surface area contributed by atoms with Gasteiger partial charge in [0.2, 0.25) is 0 Å². The van der Waals surface area contributed by atoms with E-state index in [1.165, 1.54) is 10.8 Å². The van der Waals surface area contributed by atoms with Crippen LogP contribution in [0.4, 0.5) is 5.69 Å². The average Bonchev–Trinajstić information content (AvgIpc) is 3.29. The second-order valence-electron chi connectivity index (χ2n) is 10.8. The van der Waals surface area contributed by atoms with Crippen LogP contribution in [0.3, 0.4) is 0 Å². The van der Waals surface area contributed by atoms with Crippen molar-refractivity contribution < 1.29 is 14.7 Å².